The van der Waals surface area contributed by atoms with E-state index in [1.165, 1.54) is 22.8 Å². The Bertz CT molecular complexity index is 592. The maximum absolute atomic E-state index is 13.1. The fourth-order valence-corrected chi connectivity index (χ4v) is 2.82. The van der Waals surface area contributed by atoms with Crippen LogP contribution in [0.4, 0.5) is 4.39 Å². The zero-order valence-electron chi connectivity index (χ0n) is 11.1. The van der Waals surface area contributed by atoms with Gasteiger partial charge in [0.05, 0.1) is 0 Å². The summed E-state index contributed by atoms with van der Waals surface area (Å²) in [6.45, 7) is 2.85. The van der Waals surface area contributed by atoms with Crippen molar-refractivity contribution in [3.05, 3.63) is 70.5 Å². The molecular weight excluding hydrogens is 237 g/mol. The van der Waals surface area contributed by atoms with Crippen LogP contribution in [-0.4, -0.2) is 0 Å². The Morgan fingerprint density at radius 1 is 1.21 bits per heavy atom. The van der Waals surface area contributed by atoms with E-state index < -0.39 is 0 Å². The second kappa shape index (κ2) is 5.14. The molecular formula is C17H18FN. The van der Waals surface area contributed by atoms with Crippen LogP contribution in [0.25, 0.3) is 0 Å². The van der Waals surface area contributed by atoms with E-state index in [0.29, 0.717) is 6.04 Å². The number of nitrogens with one attached hydrogen (secondary N) is 1. The van der Waals surface area contributed by atoms with Crippen LogP contribution in [0, 0.1) is 12.7 Å². The summed E-state index contributed by atoms with van der Waals surface area (Å²) < 4.78 is 13.1. The standard InChI is InChI=1S/C17H18FN/c1-12-5-6-14-7-8-17(16(14)9-12)19-11-13-3-2-4-15(18)10-13/h2-6,9-10,17,19H,7-8,11H2,1H3. The van der Waals surface area contributed by atoms with Crippen molar-refractivity contribution in [3.63, 3.8) is 0 Å². The normalized spacial score (nSPS) is 17.5. The Kier molecular flexibility index (Phi) is 3.34. The van der Waals surface area contributed by atoms with Gasteiger partial charge in [-0.15, -0.1) is 0 Å². The van der Waals surface area contributed by atoms with Gasteiger partial charge >= 0.3 is 0 Å². The van der Waals surface area contributed by atoms with Crippen LogP contribution in [0.5, 0.6) is 0 Å². The molecule has 2 heteroatoms. The molecule has 0 aromatic heterocycles. The quantitative estimate of drug-likeness (QED) is 0.876. The van der Waals surface area contributed by atoms with Gasteiger partial charge in [0.25, 0.3) is 0 Å². The van der Waals surface area contributed by atoms with Gasteiger partial charge in [-0.2, -0.15) is 0 Å². The lowest BCUT2D eigenvalue weighted by Gasteiger charge is -2.14. The third kappa shape index (κ3) is 2.69. The summed E-state index contributed by atoms with van der Waals surface area (Å²) >= 11 is 0. The van der Waals surface area contributed by atoms with Gasteiger partial charge in [0.2, 0.25) is 0 Å². The van der Waals surface area contributed by atoms with E-state index >= 15 is 0 Å². The molecule has 19 heavy (non-hydrogen) atoms. The van der Waals surface area contributed by atoms with Gasteiger partial charge in [0.1, 0.15) is 5.82 Å². The molecule has 1 aliphatic rings. The number of aryl methyl sites for hydroxylation is 2. The molecule has 0 spiro atoms. The molecule has 1 atom stereocenters. The molecule has 1 N–H and O–H groups in total. The van der Waals surface area contributed by atoms with E-state index in [9.17, 15) is 4.39 Å². The van der Waals surface area contributed by atoms with Gasteiger partial charge in [-0.3, -0.25) is 0 Å². The Labute approximate surface area is 113 Å². The molecule has 2 aromatic carbocycles. The lowest BCUT2D eigenvalue weighted by atomic mass is 10.0. The highest BCUT2D eigenvalue weighted by Gasteiger charge is 2.21. The van der Waals surface area contributed by atoms with E-state index in [1.54, 1.807) is 12.1 Å². The van der Waals surface area contributed by atoms with Crippen molar-refractivity contribution >= 4 is 0 Å². The van der Waals surface area contributed by atoms with Crippen molar-refractivity contribution in [1.29, 1.82) is 0 Å². The summed E-state index contributed by atoms with van der Waals surface area (Å²) in [6, 6.07) is 13.9. The highest BCUT2D eigenvalue weighted by molar-refractivity contribution is 5.37. The molecule has 1 aliphatic carbocycles. The monoisotopic (exact) mass is 255 g/mol. The van der Waals surface area contributed by atoms with Gasteiger partial charge in [-0.05, 0) is 48.6 Å². The number of fused-ring (bicyclic) bond motifs is 1. The van der Waals surface area contributed by atoms with E-state index in [4.69, 9.17) is 0 Å². The lowest BCUT2D eigenvalue weighted by Crippen LogP contribution is -2.18. The van der Waals surface area contributed by atoms with Crippen LogP contribution < -0.4 is 5.32 Å². The first-order valence-electron chi connectivity index (χ1n) is 6.79. The maximum Gasteiger partial charge on any atom is 0.123 e. The number of hydrogen-bond acceptors (Lipinski definition) is 1. The molecule has 0 bridgehead atoms. The number of halogens is 1. The fraction of sp³-hybridized carbons (Fsp3) is 0.294. The van der Waals surface area contributed by atoms with Crippen LogP contribution in [0.15, 0.2) is 42.5 Å². The number of rotatable bonds is 3. The van der Waals surface area contributed by atoms with Gasteiger partial charge < -0.3 is 5.32 Å². The SMILES string of the molecule is Cc1ccc2c(c1)C(NCc1cccc(F)c1)CC2. The van der Waals surface area contributed by atoms with E-state index in [0.717, 1.165) is 24.9 Å². The Morgan fingerprint density at radius 2 is 2.11 bits per heavy atom. The zero-order chi connectivity index (χ0) is 13.2. The number of benzene rings is 2. The Hall–Kier alpha value is -1.67. The first-order chi connectivity index (χ1) is 9.22. The van der Waals surface area contributed by atoms with E-state index in [-0.39, 0.29) is 5.82 Å². The van der Waals surface area contributed by atoms with Crippen molar-refractivity contribution in [2.45, 2.75) is 32.4 Å². The van der Waals surface area contributed by atoms with Crippen LogP contribution in [-0.2, 0) is 13.0 Å². The summed E-state index contributed by atoms with van der Waals surface area (Å²) in [5.74, 6) is -0.165. The summed E-state index contributed by atoms with van der Waals surface area (Å²) in [7, 11) is 0. The zero-order valence-corrected chi connectivity index (χ0v) is 11.1. The molecule has 1 nitrogen and oxygen atoms in total. The van der Waals surface area contributed by atoms with Crippen molar-refractivity contribution in [3.8, 4) is 0 Å². The van der Waals surface area contributed by atoms with Gasteiger partial charge in [-0.1, -0.05) is 35.9 Å². The molecule has 0 fully saturated rings. The average Bonchev–Trinajstić information content (AvgIpc) is 2.79. The van der Waals surface area contributed by atoms with Crippen LogP contribution in [0.3, 0.4) is 0 Å². The Balaban J connectivity index is 1.71. The smallest absolute Gasteiger partial charge is 0.123 e. The summed E-state index contributed by atoms with van der Waals surface area (Å²) in [6.07, 6.45) is 2.27. The minimum atomic E-state index is -0.165. The molecule has 98 valence electrons. The summed E-state index contributed by atoms with van der Waals surface area (Å²) in [5.41, 5.74) is 5.16. The first-order valence-corrected chi connectivity index (χ1v) is 6.79. The second-order valence-electron chi connectivity index (χ2n) is 5.30. The predicted octanol–water partition coefficient (Wildman–Crippen LogP) is 3.91. The third-order valence-corrected chi connectivity index (χ3v) is 3.82. The lowest BCUT2D eigenvalue weighted by molar-refractivity contribution is 0.528. The molecule has 0 amide bonds. The molecule has 0 radical (unpaired) electrons. The van der Waals surface area contributed by atoms with Gasteiger partial charge in [0, 0.05) is 12.6 Å². The molecule has 2 aromatic rings. The van der Waals surface area contributed by atoms with Gasteiger partial charge in [-0.25, -0.2) is 4.39 Å². The number of hydrogen-bond donors (Lipinski definition) is 1. The minimum absolute atomic E-state index is 0.165. The van der Waals surface area contributed by atoms with Crippen LogP contribution in [0.2, 0.25) is 0 Å². The van der Waals surface area contributed by atoms with Gasteiger partial charge in [0.15, 0.2) is 0 Å². The van der Waals surface area contributed by atoms with Crippen molar-refractivity contribution in [2.24, 2.45) is 0 Å². The van der Waals surface area contributed by atoms with E-state index in [2.05, 4.69) is 30.4 Å². The van der Waals surface area contributed by atoms with E-state index in [1.807, 2.05) is 6.07 Å². The average molecular weight is 255 g/mol. The molecule has 0 aliphatic heterocycles. The largest absolute Gasteiger partial charge is 0.306 e. The third-order valence-electron chi connectivity index (χ3n) is 3.82. The predicted molar refractivity (Wildman–Crippen MR) is 75.5 cm³/mol. The van der Waals surface area contributed by atoms with Crippen molar-refractivity contribution in [1.82, 2.24) is 5.32 Å². The Morgan fingerprint density at radius 3 is 2.95 bits per heavy atom. The first kappa shape index (κ1) is 12.4. The van der Waals surface area contributed by atoms with Crippen LogP contribution in [0.1, 0.15) is 34.7 Å². The van der Waals surface area contributed by atoms with Crippen molar-refractivity contribution < 1.29 is 4.39 Å². The highest BCUT2D eigenvalue weighted by Crippen LogP contribution is 2.31. The molecule has 0 saturated carbocycles. The van der Waals surface area contributed by atoms with Crippen LogP contribution >= 0.6 is 0 Å². The maximum atomic E-state index is 13.1. The summed E-state index contributed by atoms with van der Waals surface area (Å²) in [5, 5.41) is 3.54. The molecule has 0 heterocycles. The molecule has 3 rings (SSSR count). The highest BCUT2D eigenvalue weighted by atomic mass is 19.1. The fourth-order valence-electron chi connectivity index (χ4n) is 2.82. The van der Waals surface area contributed by atoms with Crippen molar-refractivity contribution in [2.75, 3.05) is 0 Å². The summed E-state index contributed by atoms with van der Waals surface area (Å²) in [4.78, 5) is 0. The molecule has 0 saturated heterocycles. The second-order valence-corrected chi connectivity index (χ2v) is 5.30. The minimum Gasteiger partial charge on any atom is -0.306 e. The topological polar surface area (TPSA) is 12.0 Å². The molecule has 1 unspecified atom stereocenters.